The summed E-state index contributed by atoms with van der Waals surface area (Å²) in [7, 11) is 3.43. The molecule has 1 N–H and O–H groups in total. The molecule has 0 aromatic carbocycles. The third-order valence-corrected chi connectivity index (χ3v) is 4.13. The molecule has 0 saturated heterocycles. The van der Waals surface area contributed by atoms with Crippen molar-refractivity contribution in [3.63, 3.8) is 0 Å². The van der Waals surface area contributed by atoms with Crippen molar-refractivity contribution < 1.29 is 9.53 Å². The van der Waals surface area contributed by atoms with Gasteiger partial charge in [0, 0.05) is 42.0 Å². The number of methoxy groups -OCH3 is 1. The van der Waals surface area contributed by atoms with Gasteiger partial charge in [-0.3, -0.25) is 9.78 Å². The van der Waals surface area contributed by atoms with Crippen molar-refractivity contribution in [1.29, 1.82) is 0 Å². The number of carbonyl (C=O) groups is 1. The van der Waals surface area contributed by atoms with E-state index < -0.39 is 0 Å². The van der Waals surface area contributed by atoms with Crippen molar-refractivity contribution >= 4 is 22.6 Å². The van der Waals surface area contributed by atoms with E-state index in [2.05, 4.69) is 25.3 Å². The first-order valence-corrected chi connectivity index (χ1v) is 8.18. The van der Waals surface area contributed by atoms with Gasteiger partial charge < -0.3 is 14.6 Å². The molecule has 0 aliphatic carbocycles. The number of imidazole rings is 1. The molecule has 1 amide bonds. The average molecular weight is 360 g/mol. The number of amides is 1. The van der Waals surface area contributed by atoms with E-state index in [9.17, 15) is 4.79 Å². The molecule has 0 unspecified atom stereocenters. The monoisotopic (exact) mass is 360 g/mol. The van der Waals surface area contributed by atoms with Gasteiger partial charge in [-0.1, -0.05) is 0 Å². The Hall–Kier alpha value is -3.81. The number of hydrogen-bond acceptors (Lipinski definition) is 6. The smallest absolute Gasteiger partial charge is 0.257 e. The summed E-state index contributed by atoms with van der Waals surface area (Å²) in [5.41, 5.74) is 3.07. The first-order valence-electron chi connectivity index (χ1n) is 8.18. The molecule has 4 aromatic rings. The van der Waals surface area contributed by atoms with E-state index in [-0.39, 0.29) is 5.91 Å². The maximum Gasteiger partial charge on any atom is 0.257 e. The van der Waals surface area contributed by atoms with E-state index in [1.165, 1.54) is 13.3 Å². The predicted molar refractivity (Wildman–Crippen MR) is 100 cm³/mol. The zero-order valence-electron chi connectivity index (χ0n) is 14.7. The summed E-state index contributed by atoms with van der Waals surface area (Å²) in [6, 6.07) is 6.96. The quantitative estimate of drug-likeness (QED) is 0.601. The second kappa shape index (κ2) is 6.83. The lowest BCUT2D eigenvalue weighted by Crippen LogP contribution is -2.13. The van der Waals surface area contributed by atoms with Gasteiger partial charge in [-0.2, -0.15) is 0 Å². The number of hydrogen-bond donors (Lipinski definition) is 1. The number of aromatic nitrogens is 5. The summed E-state index contributed by atoms with van der Waals surface area (Å²) < 4.78 is 6.97. The zero-order chi connectivity index (χ0) is 18.8. The summed E-state index contributed by atoms with van der Waals surface area (Å²) in [6.45, 7) is 0. The fourth-order valence-electron chi connectivity index (χ4n) is 2.73. The van der Waals surface area contributed by atoms with Crippen LogP contribution in [0.25, 0.3) is 22.2 Å². The molecule has 134 valence electrons. The van der Waals surface area contributed by atoms with Gasteiger partial charge in [0.25, 0.3) is 5.91 Å². The summed E-state index contributed by atoms with van der Waals surface area (Å²) >= 11 is 0. The number of carbonyl (C=O) groups excluding carboxylic acids is 1. The van der Waals surface area contributed by atoms with Crippen LogP contribution in [0.4, 0.5) is 5.82 Å². The van der Waals surface area contributed by atoms with Gasteiger partial charge in [0.15, 0.2) is 0 Å². The molecule has 0 radical (unpaired) electrons. The second-order valence-corrected chi connectivity index (χ2v) is 5.92. The molecule has 27 heavy (non-hydrogen) atoms. The van der Waals surface area contributed by atoms with Crippen LogP contribution in [-0.2, 0) is 7.05 Å². The van der Waals surface area contributed by atoms with Gasteiger partial charge in [-0.25, -0.2) is 15.0 Å². The molecule has 8 nitrogen and oxygen atoms in total. The van der Waals surface area contributed by atoms with Gasteiger partial charge in [-0.05, 0) is 18.2 Å². The Bertz CT molecular complexity index is 1140. The predicted octanol–water partition coefficient (Wildman–Crippen LogP) is 2.69. The fraction of sp³-hybridized carbons (Fsp3) is 0.105. The first-order chi connectivity index (χ1) is 13.1. The van der Waals surface area contributed by atoms with Crippen LogP contribution in [0.3, 0.4) is 0 Å². The maximum atomic E-state index is 12.5. The van der Waals surface area contributed by atoms with E-state index in [0.29, 0.717) is 17.3 Å². The lowest BCUT2D eigenvalue weighted by Gasteiger charge is -2.08. The van der Waals surface area contributed by atoms with E-state index in [4.69, 9.17) is 4.74 Å². The van der Waals surface area contributed by atoms with E-state index in [1.807, 2.05) is 17.7 Å². The topological polar surface area (TPSA) is 94.8 Å². The minimum atomic E-state index is -0.293. The highest BCUT2D eigenvalue weighted by atomic mass is 16.5. The fourth-order valence-corrected chi connectivity index (χ4v) is 2.73. The van der Waals surface area contributed by atoms with Crippen LogP contribution in [0.5, 0.6) is 5.88 Å². The lowest BCUT2D eigenvalue weighted by atomic mass is 10.1. The van der Waals surface area contributed by atoms with Crippen LogP contribution in [0, 0.1) is 0 Å². The SMILES string of the molecule is COc1cc(C(=O)Nc2cc3cc(-c4cncn4C)cnc3cn2)ccn1. The molecule has 4 aromatic heterocycles. The van der Waals surface area contributed by atoms with Crippen molar-refractivity contribution in [3.05, 3.63) is 60.9 Å². The third kappa shape index (κ3) is 3.32. The molecule has 0 aliphatic heterocycles. The van der Waals surface area contributed by atoms with E-state index in [1.54, 1.807) is 43.1 Å². The number of ether oxygens (including phenoxy) is 1. The minimum absolute atomic E-state index is 0.293. The Morgan fingerprint density at radius 3 is 2.78 bits per heavy atom. The molecule has 0 spiro atoms. The highest BCUT2D eigenvalue weighted by Crippen LogP contribution is 2.23. The standard InChI is InChI=1S/C19H16N6O2/c1-25-11-20-10-16(25)14-5-13-6-17(23-9-15(13)22-8-14)24-19(26)12-3-4-21-18(7-12)27-2/h3-11H,1-2H3,(H,23,24,26). The molecular weight excluding hydrogens is 344 g/mol. The number of fused-ring (bicyclic) bond motifs is 1. The molecule has 8 heteroatoms. The van der Waals surface area contributed by atoms with E-state index >= 15 is 0 Å². The summed E-state index contributed by atoms with van der Waals surface area (Å²) in [6.07, 6.45) is 8.45. The van der Waals surface area contributed by atoms with Crippen LogP contribution in [0.1, 0.15) is 10.4 Å². The van der Waals surface area contributed by atoms with Gasteiger partial charge in [0.1, 0.15) is 5.82 Å². The largest absolute Gasteiger partial charge is 0.481 e. The zero-order valence-corrected chi connectivity index (χ0v) is 14.7. The molecule has 0 atom stereocenters. The molecule has 4 rings (SSSR count). The van der Waals surface area contributed by atoms with Crippen molar-refractivity contribution in [1.82, 2.24) is 24.5 Å². The van der Waals surface area contributed by atoms with Gasteiger partial charge in [0.05, 0.1) is 37.0 Å². The number of pyridine rings is 3. The Kier molecular flexibility index (Phi) is 4.21. The van der Waals surface area contributed by atoms with Gasteiger partial charge in [-0.15, -0.1) is 0 Å². The van der Waals surface area contributed by atoms with Crippen LogP contribution in [0.15, 0.2) is 55.4 Å². The van der Waals surface area contributed by atoms with Crippen LogP contribution in [0.2, 0.25) is 0 Å². The van der Waals surface area contributed by atoms with Crippen molar-refractivity contribution in [3.8, 4) is 17.1 Å². The number of anilines is 1. The lowest BCUT2D eigenvalue weighted by molar-refractivity contribution is 0.102. The second-order valence-electron chi connectivity index (χ2n) is 5.92. The normalized spacial score (nSPS) is 10.7. The number of aryl methyl sites for hydroxylation is 1. The molecule has 4 heterocycles. The Labute approximate surface area is 154 Å². The first kappa shape index (κ1) is 16.6. The minimum Gasteiger partial charge on any atom is -0.481 e. The molecular formula is C19H16N6O2. The number of rotatable bonds is 4. The Balaban J connectivity index is 1.64. The Morgan fingerprint density at radius 1 is 1.11 bits per heavy atom. The van der Waals surface area contributed by atoms with Crippen molar-refractivity contribution in [2.75, 3.05) is 12.4 Å². The molecule has 0 aliphatic rings. The van der Waals surface area contributed by atoms with Crippen LogP contribution >= 0.6 is 0 Å². The summed E-state index contributed by atoms with van der Waals surface area (Å²) in [4.78, 5) is 29.3. The van der Waals surface area contributed by atoms with Crippen LogP contribution < -0.4 is 10.1 Å². The highest BCUT2D eigenvalue weighted by molar-refractivity contribution is 6.04. The van der Waals surface area contributed by atoms with Gasteiger partial charge >= 0.3 is 0 Å². The molecule has 0 bridgehead atoms. The molecule has 0 saturated carbocycles. The molecule has 0 fully saturated rings. The maximum absolute atomic E-state index is 12.5. The van der Waals surface area contributed by atoms with Crippen molar-refractivity contribution in [2.45, 2.75) is 0 Å². The number of nitrogens with zero attached hydrogens (tertiary/aromatic N) is 5. The van der Waals surface area contributed by atoms with Crippen LogP contribution in [-0.4, -0.2) is 37.5 Å². The van der Waals surface area contributed by atoms with Gasteiger partial charge in [0.2, 0.25) is 5.88 Å². The van der Waals surface area contributed by atoms with Crippen molar-refractivity contribution in [2.24, 2.45) is 7.05 Å². The average Bonchev–Trinajstić information content (AvgIpc) is 3.13. The summed E-state index contributed by atoms with van der Waals surface area (Å²) in [5.74, 6) is 0.518. The van der Waals surface area contributed by atoms with E-state index in [0.717, 1.165) is 22.2 Å². The Morgan fingerprint density at radius 2 is 2.00 bits per heavy atom. The third-order valence-electron chi connectivity index (χ3n) is 4.13. The highest BCUT2D eigenvalue weighted by Gasteiger charge is 2.10. The summed E-state index contributed by atoms with van der Waals surface area (Å²) in [5, 5.41) is 3.66. The number of nitrogens with one attached hydrogen (secondary N) is 1.